The number of carbonyl (C=O) groups is 1. The van der Waals surface area contributed by atoms with Gasteiger partial charge >= 0.3 is 0 Å². The van der Waals surface area contributed by atoms with Crippen molar-refractivity contribution in [3.05, 3.63) is 35.1 Å². The Morgan fingerprint density at radius 1 is 1.27 bits per heavy atom. The van der Waals surface area contributed by atoms with Gasteiger partial charge < -0.3 is 10.0 Å². The molecule has 1 saturated heterocycles. The zero-order valence-corrected chi connectivity index (χ0v) is 12.5. The summed E-state index contributed by atoms with van der Waals surface area (Å²) in [5, 5.41) is 9.41. The number of benzene rings is 1. The van der Waals surface area contributed by atoms with Crippen molar-refractivity contribution >= 4 is 5.91 Å². The van der Waals surface area contributed by atoms with Crippen LogP contribution in [0.5, 0.6) is 0 Å². The largest absolute Gasteiger partial charge is 0.396 e. The fraction of sp³-hybridized carbons (Fsp3) is 0.533. The molecule has 0 spiro atoms. The number of halogens is 3. The first-order valence-corrected chi connectivity index (χ1v) is 7.01. The zero-order chi connectivity index (χ0) is 16.4. The van der Waals surface area contributed by atoms with Gasteiger partial charge in [-0.3, -0.25) is 9.69 Å². The summed E-state index contributed by atoms with van der Waals surface area (Å²) in [4.78, 5) is 15.4. The van der Waals surface area contributed by atoms with Crippen molar-refractivity contribution in [2.75, 3.05) is 33.8 Å². The van der Waals surface area contributed by atoms with Crippen LogP contribution < -0.4 is 0 Å². The number of likely N-dealkylation sites (tertiary alicyclic amines) is 1. The van der Waals surface area contributed by atoms with Gasteiger partial charge in [0.15, 0.2) is 17.5 Å². The second kappa shape index (κ2) is 6.66. The predicted molar refractivity (Wildman–Crippen MR) is 74.4 cm³/mol. The van der Waals surface area contributed by atoms with Crippen LogP contribution in [-0.4, -0.2) is 54.6 Å². The Hall–Kier alpha value is -1.60. The van der Waals surface area contributed by atoms with Crippen LogP contribution in [0, 0.1) is 29.3 Å². The van der Waals surface area contributed by atoms with Crippen LogP contribution in [0.1, 0.15) is 5.56 Å². The molecule has 0 saturated carbocycles. The van der Waals surface area contributed by atoms with Gasteiger partial charge in [0, 0.05) is 46.3 Å². The van der Waals surface area contributed by atoms with Gasteiger partial charge in [0.25, 0.3) is 0 Å². The molecule has 1 aromatic carbocycles. The second-order valence-electron chi connectivity index (χ2n) is 5.85. The first-order chi connectivity index (χ1) is 10.3. The molecule has 7 heteroatoms. The van der Waals surface area contributed by atoms with Gasteiger partial charge in [0.05, 0.1) is 5.92 Å². The van der Waals surface area contributed by atoms with Gasteiger partial charge in [-0.1, -0.05) is 0 Å². The molecule has 1 aliphatic heterocycles. The van der Waals surface area contributed by atoms with Crippen LogP contribution in [0.2, 0.25) is 0 Å². The Kier molecular flexibility index (Phi) is 5.08. The smallest absolute Gasteiger partial charge is 0.226 e. The van der Waals surface area contributed by atoms with Crippen LogP contribution in [0.3, 0.4) is 0 Å². The summed E-state index contributed by atoms with van der Waals surface area (Å²) in [6, 6.07) is 1.90. The monoisotopic (exact) mass is 316 g/mol. The Morgan fingerprint density at radius 2 is 1.86 bits per heavy atom. The highest BCUT2D eigenvalue weighted by molar-refractivity contribution is 5.79. The van der Waals surface area contributed by atoms with Gasteiger partial charge in [-0.25, -0.2) is 13.2 Å². The quantitative estimate of drug-likeness (QED) is 0.850. The number of hydrogen-bond acceptors (Lipinski definition) is 3. The predicted octanol–water partition coefficient (Wildman–Crippen LogP) is 1.23. The molecule has 0 aromatic heterocycles. The highest BCUT2D eigenvalue weighted by Gasteiger charge is 2.37. The molecular weight excluding hydrogens is 297 g/mol. The van der Waals surface area contributed by atoms with Crippen molar-refractivity contribution in [2.45, 2.75) is 6.54 Å². The van der Waals surface area contributed by atoms with Crippen LogP contribution in [0.15, 0.2) is 12.1 Å². The number of carbonyl (C=O) groups excluding carboxylic acids is 1. The Labute approximate surface area is 127 Å². The number of amides is 1. The molecule has 0 bridgehead atoms. The molecule has 0 radical (unpaired) electrons. The molecule has 1 fully saturated rings. The normalized spacial score (nSPS) is 22.1. The van der Waals surface area contributed by atoms with Crippen molar-refractivity contribution in [1.82, 2.24) is 9.80 Å². The molecule has 1 heterocycles. The molecule has 1 aromatic rings. The fourth-order valence-electron chi connectivity index (χ4n) is 2.84. The summed E-state index contributed by atoms with van der Waals surface area (Å²) in [7, 11) is 3.29. The number of nitrogens with zero attached hydrogens (tertiary/aromatic N) is 2. The van der Waals surface area contributed by atoms with E-state index < -0.39 is 17.5 Å². The molecule has 0 unspecified atom stereocenters. The van der Waals surface area contributed by atoms with Crippen molar-refractivity contribution < 1.29 is 23.1 Å². The molecule has 122 valence electrons. The lowest BCUT2D eigenvalue weighted by molar-refractivity contribution is -0.134. The van der Waals surface area contributed by atoms with E-state index in [0.29, 0.717) is 18.7 Å². The van der Waals surface area contributed by atoms with Crippen LogP contribution in [0.25, 0.3) is 0 Å². The standard InChI is InChI=1S/C15H19F3N2O2/c1-19(2)15(22)11-7-20(6-10(11)8-21)5-9-3-12(16)14(18)13(17)4-9/h3-4,10-11,21H,5-8H2,1-2H3/t10-,11+/m0/s1. The Balaban J connectivity index is 2.10. The Bertz CT molecular complexity index is 543. The van der Waals surface area contributed by atoms with Gasteiger partial charge in [-0.15, -0.1) is 0 Å². The third-order valence-electron chi connectivity index (χ3n) is 3.96. The molecule has 1 amide bonds. The van der Waals surface area contributed by atoms with E-state index >= 15 is 0 Å². The number of aliphatic hydroxyl groups is 1. The van der Waals surface area contributed by atoms with Crippen LogP contribution >= 0.6 is 0 Å². The van der Waals surface area contributed by atoms with E-state index in [0.717, 1.165) is 12.1 Å². The van der Waals surface area contributed by atoms with E-state index in [1.807, 2.05) is 4.90 Å². The summed E-state index contributed by atoms with van der Waals surface area (Å²) < 4.78 is 39.4. The second-order valence-corrected chi connectivity index (χ2v) is 5.85. The molecule has 2 atom stereocenters. The molecule has 4 nitrogen and oxygen atoms in total. The van der Waals surface area contributed by atoms with E-state index in [4.69, 9.17) is 0 Å². The number of hydrogen-bond donors (Lipinski definition) is 1. The van der Waals surface area contributed by atoms with Crippen molar-refractivity contribution in [3.63, 3.8) is 0 Å². The molecule has 1 N–H and O–H groups in total. The zero-order valence-electron chi connectivity index (χ0n) is 12.5. The molecular formula is C15H19F3N2O2. The first-order valence-electron chi connectivity index (χ1n) is 7.01. The topological polar surface area (TPSA) is 43.8 Å². The van der Waals surface area contributed by atoms with Crippen molar-refractivity contribution in [1.29, 1.82) is 0 Å². The highest BCUT2D eigenvalue weighted by atomic mass is 19.2. The number of rotatable bonds is 4. The summed E-state index contributed by atoms with van der Waals surface area (Å²) in [5.41, 5.74) is 0.297. The lowest BCUT2D eigenvalue weighted by Crippen LogP contribution is -2.35. The average molecular weight is 316 g/mol. The van der Waals surface area contributed by atoms with Crippen molar-refractivity contribution in [3.8, 4) is 0 Å². The van der Waals surface area contributed by atoms with Gasteiger partial charge in [0.2, 0.25) is 5.91 Å². The average Bonchev–Trinajstić information content (AvgIpc) is 2.86. The third-order valence-corrected chi connectivity index (χ3v) is 3.96. The summed E-state index contributed by atoms with van der Waals surface area (Å²) in [6.45, 7) is 0.902. The maximum absolute atomic E-state index is 13.2. The highest BCUT2D eigenvalue weighted by Crippen LogP contribution is 2.26. The molecule has 22 heavy (non-hydrogen) atoms. The van der Waals surface area contributed by atoms with E-state index in [9.17, 15) is 23.1 Å². The lowest BCUT2D eigenvalue weighted by atomic mass is 9.96. The van der Waals surface area contributed by atoms with Crippen molar-refractivity contribution in [2.24, 2.45) is 11.8 Å². The van der Waals surface area contributed by atoms with Gasteiger partial charge in [0.1, 0.15) is 0 Å². The minimum Gasteiger partial charge on any atom is -0.396 e. The fourth-order valence-corrected chi connectivity index (χ4v) is 2.84. The maximum Gasteiger partial charge on any atom is 0.226 e. The van der Waals surface area contributed by atoms with E-state index in [1.54, 1.807) is 14.1 Å². The maximum atomic E-state index is 13.2. The molecule has 2 rings (SSSR count). The van der Waals surface area contributed by atoms with Crippen LogP contribution in [-0.2, 0) is 11.3 Å². The minimum absolute atomic E-state index is 0.0852. The summed E-state index contributed by atoms with van der Waals surface area (Å²) in [6.07, 6.45) is 0. The Morgan fingerprint density at radius 3 is 2.36 bits per heavy atom. The minimum atomic E-state index is -1.49. The molecule has 1 aliphatic rings. The van der Waals surface area contributed by atoms with Gasteiger partial charge in [-0.05, 0) is 17.7 Å². The SMILES string of the molecule is CN(C)C(=O)[C@@H]1CN(Cc2cc(F)c(F)c(F)c2)C[C@H]1CO. The molecule has 0 aliphatic carbocycles. The van der Waals surface area contributed by atoms with E-state index in [1.165, 1.54) is 4.90 Å². The van der Waals surface area contributed by atoms with E-state index in [2.05, 4.69) is 0 Å². The third kappa shape index (κ3) is 3.41. The van der Waals surface area contributed by atoms with Crippen LogP contribution in [0.4, 0.5) is 13.2 Å². The van der Waals surface area contributed by atoms with E-state index in [-0.39, 0.29) is 30.9 Å². The van der Waals surface area contributed by atoms with Gasteiger partial charge in [-0.2, -0.15) is 0 Å². The number of aliphatic hydroxyl groups excluding tert-OH is 1. The summed E-state index contributed by atoms with van der Waals surface area (Å²) >= 11 is 0. The lowest BCUT2D eigenvalue weighted by Gasteiger charge is -2.20. The first kappa shape index (κ1) is 16.8. The summed E-state index contributed by atoms with van der Waals surface area (Å²) in [5.74, 6) is -4.60.